The van der Waals surface area contributed by atoms with Crippen molar-refractivity contribution >= 4 is 11.8 Å². The van der Waals surface area contributed by atoms with Crippen LogP contribution in [0.25, 0.3) is 0 Å². The van der Waals surface area contributed by atoms with Gasteiger partial charge in [-0.15, -0.1) is 0 Å². The molecule has 0 spiro atoms. The average molecular weight is 756 g/mol. The van der Waals surface area contributed by atoms with E-state index in [0.717, 1.165) is 25.0 Å². The van der Waals surface area contributed by atoms with Crippen molar-refractivity contribution in [1.29, 1.82) is 5.26 Å². The second kappa shape index (κ2) is 23.5. The van der Waals surface area contributed by atoms with Crippen molar-refractivity contribution in [1.82, 2.24) is 20.9 Å². The van der Waals surface area contributed by atoms with Crippen molar-refractivity contribution in [2.75, 3.05) is 26.2 Å². The molecular formula is C50H53N5O2. The van der Waals surface area contributed by atoms with E-state index in [1.165, 1.54) is 48.2 Å². The molecule has 0 unspecified atom stereocenters. The van der Waals surface area contributed by atoms with Gasteiger partial charge in [-0.1, -0.05) is 128 Å². The van der Waals surface area contributed by atoms with Crippen LogP contribution < -0.4 is 16.0 Å². The molecule has 7 rings (SSSR count). The highest BCUT2D eigenvalue weighted by Gasteiger charge is 2.16. The summed E-state index contributed by atoms with van der Waals surface area (Å²) >= 11 is 0. The molecule has 1 aromatic heterocycles. The molecule has 5 aromatic carbocycles. The number of carbonyl (C=O) groups is 2. The summed E-state index contributed by atoms with van der Waals surface area (Å²) in [5.74, 6) is 0.311. The van der Waals surface area contributed by atoms with Crippen LogP contribution in [-0.2, 0) is 6.42 Å². The first-order valence-electron chi connectivity index (χ1n) is 20.0. The molecule has 0 atom stereocenters. The maximum Gasteiger partial charge on any atom is 0.252 e. The maximum absolute atomic E-state index is 12.3. The Morgan fingerprint density at radius 2 is 1.00 bits per heavy atom. The Morgan fingerprint density at radius 3 is 1.33 bits per heavy atom. The van der Waals surface area contributed by atoms with Crippen LogP contribution >= 0.6 is 0 Å². The minimum absolute atomic E-state index is 0.0694. The largest absolute Gasteiger partial charge is 0.352 e. The lowest BCUT2D eigenvalue weighted by Gasteiger charge is -2.18. The van der Waals surface area contributed by atoms with Crippen molar-refractivity contribution in [3.05, 3.63) is 209 Å². The summed E-state index contributed by atoms with van der Waals surface area (Å²) in [5, 5.41) is 18.1. The number of amides is 2. The Balaban J connectivity index is 0.000000193. The Kier molecular flexibility index (Phi) is 17.3. The third-order valence-electron chi connectivity index (χ3n) is 9.93. The molecular weight excluding hydrogens is 703 g/mol. The zero-order chi connectivity index (χ0) is 39.9. The smallest absolute Gasteiger partial charge is 0.252 e. The van der Waals surface area contributed by atoms with E-state index in [1.807, 2.05) is 60.7 Å². The number of hydrogen-bond donors (Lipinski definition) is 3. The fourth-order valence-electron chi connectivity index (χ4n) is 6.75. The number of nitriles is 1. The second-order valence-corrected chi connectivity index (χ2v) is 13.9. The van der Waals surface area contributed by atoms with Crippen LogP contribution in [0.4, 0.5) is 0 Å². The number of aromatic nitrogens is 1. The molecule has 1 aliphatic heterocycles. The van der Waals surface area contributed by atoms with E-state index in [4.69, 9.17) is 5.26 Å². The molecule has 6 aromatic rings. The van der Waals surface area contributed by atoms with Gasteiger partial charge in [-0.25, -0.2) is 0 Å². The van der Waals surface area contributed by atoms with Crippen LogP contribution in [0.5, 0.6) is 0 Å². The number of pyridine rings is 1. The van der Waals surface area contributed by atoms with Gasteiger partial charge in [-0.05, 0) is 104 Å². The lowest BCUT2D eigenvalue weighted by Crippen LogP contribution is -2.26. The zero-order valence-electron chi connectivity index (χ0n) is 32.8. The molecule has 2 heterocycles. The number of rotatable bonds is 13. The van der Waals surface area contributed by atoms with Crippen LogP contribution in [0.3, 0.4) is 0 Å². The number of hydrogen-bond acceptors (Lipinski definition) is 5. The number of benzene rings is 5. The summed E-state index contributed by atoms with van der Waals surface area (Å²) in [5.41, 5.74) is 7.74. The SMILES string of the molecule is C1CCNC1.CCc1ccc(C(=O)NCCC(c2ccccc2)c2ccccc2)cn1.N#Cc1ccc(C(=O)NCCC(c2ccccc2)c2ccccc2)cc1. The van der Waals surface area contributed by atoms with E-state index >= 15 is 0 Å². The fourth-order valence-corrected chi connectivity index (χ4v) is 6.75. The summed E-state index contributed by atoms with van der Waals surface area (Å²) < 4.78 is 0. The van der Waals surface area contributed by atoms with E-state index < -0.39 is 0 Å². The minimum atomic E-state index is -0.116. The molecule has 1 fully saturated rings. The van der Waals surface area contributed by atoms with Crippen LogP contribution in [0.2, 0.25) is 0 Å². The molecule has 7 nitrogen and oxygen atoms in total. The summed E-state index contributed by atoms with van der Waals surface area (Å²) in [7, 11) is 0. The number of aryl methyl sites for hydroxylation is 1. The van der Waals surface area contributed by atoms with Gasteiger partial charge < -0.3 is 16.0 Å². The number of nitrogens with one attached hydrogen (secondary N) is 3. The van der Waals surface area contributed by atoms with Crippen molar-refractivity contribution in [2.24, 2.45) is 0 Å². The molecule has 0 radical (unpaired) electrons. The summed E-state index contributed by atoms with van der Waals surface area (Å²) in [6, 6.07) is 54.1. The van der Waals surface area contributed by atoms with Crippen LogP contribution in [0.15, 0.2) is 164 Å². The zero-order valence-corrected chi connectivity index (χ0v) is 32.8. The standard InChI is InChI=1S/C23H20N2O.C23H24N2O.C4H9N/c24-17-18-11-13-21(14-12-18)23(26)25-16-15-22(19-7-3-1-4-8-19)20-9-5-2-6-10-20;1-2-21-14-13-20(17-25-21)23(26)24-16-15-22(18-9-5-3-6-10-18)19-11-7-4-8-12-19;1-2-4-5-3-1/h1-14,22H,15-16H2,(H,25,26);3-14,17,22H,2,15-16H2,1H3,(H,24,26);5H,1-4H2. The van der Waals surface area contributed by atoms with Crippen LogP contribution in [-0.4, -0.2) is 43.0 Å². The maximum atomic E-state index is 12.3. The van der Waals surface area contributed by atoms with Gasteiger partial charge in [0.25, 0.3) is 11.8 Å². The Bertz CT molecular complexity index is 1990. The molecule has 290 valence electrons. The van der Waals surface area contributed by atoms with Crippen molar-refractivity contribution in [3.63, 3.8) is 0 Å². The molecule has 7 heteroatoms. The predicted octanol–water partition coefficient (Wildman–Crippen LogP) is 9.48. The molecule has 3 N–H and O–H groups in total. The van der Waals surface area contributed by atoms with Crippen LogP contribution in [0, 0.1) is 11.3 Å². The first-order chi connectivity index (χ1) is 28.1. The summed E-state index contributed by atoms with van der Waals surface area (Å²) in [6.07, 6.45) is 6.97. The Hall–Kier alpha value is -6.36. The second-order valence-electron chi connectivity index (χ2n) is 13.9. The molecule has 1 aliphatic rings. The third kappa shape index (κ3) is 13.7. The Morgan fingerprint density at radius 1 is 0.596 bits per heavy atom. The molecule has 0 bridgehead atoms. The Labute approximate surface area is 338 Å². The number of carbonyl (C=O) groups excluding carboxylic acids is 2. The predicted molar refractivity (Wildman–Crippen MR) is 230 cm³/mol. The van der Waals surface area contributed by atoms with Crippen LogP contribution in [0.1, 0.15) is 98.7 Å². The minimum Gasteiger partial charge on any atom is -0.352 e. The van der Waals surface area contributed by atoms with Gasteiger partial charge in [0.1, 0.15) is 0 Å². The lowest BCUT2D eigenvalue weighted by atomic mass is 9.88. The van der Waals surface area contributed by atoms with E-state index in [-0.39, 0.29) is 23.7 Å². The van der Waals surface area contributed by atoms with E-state index in [2.05, 4.69) is 107 Å². The number of nitrogens with zero attached hydrogens (tertiary/aromatic N) is 2. The van der Waals surface area contributed by atoms with Crippen molar-refractivity contribution < 1.29 is 9.59 Å². The molecule has 0 saturated carbocycles. The van der Waals surface area contributed by atoms with Crippen molar-refractivity contribution in [3.8, 4) is 6.07 Å². The molecule has 2 amide bonds. The van der Waals surface area contributed by atoms with Gasteiger partial charge >= 0.3 is 0 Å². The summed E-state index contributed by atoms with van der Waals surface area (Å²) in [4.78, 5) is 28.9. The van der Waals surface area contributed by atoms with Crippen molar-refractivity contribution in [2.45, 2.75) is 50.9 Å². The fraction of sp³-hybridized carbons (Fsp3) is 0.240. The molecule has 0 aliphatic carbocycles. The van der Waals surface area contributed by atoms with Gasteiger partial charge in [0.15, 0.2) is 0 Å². The first kappa shape index (κ1) is 41.8. The molecule has 57 heavy (non-hydrogen) atoms. The van der Waals surface area contributed by atoms with Gasteiger partial charge in [-0.2, -0.15) is 5.26 Å². The van der Waals surface area contributed by atoms with E-state index in [9.17, 15) is 9.59 Å². The monoisotopic (exact) mass is 755 g/mol. The highest BCUT2D eigenvalue weighted by atomic mass is 16.2. The molecule has 1 saturated heterocycles. The van der Waals surface area contributed by atoms with Gasteiger partial charge in [0.05, 0.1) is 17.2 Å². The third-order valence-corrected chi connectivity index (χ3v) is 9.93. The first-order valence-corrected chi connectivity index (χ1v) is 20.0. The lowest BCUT2D eigenvalue weighted by molar-refractivity contribution is 0.0944. The highest BCUT2D eigenvalue weighted by Crippen LogP contribution is 2.28. The van der Waals surface area contributed by atoms with Gasteiger partial charge in [0, 0.05) is 42.4 Å². The highest BCUT2D eigenvalue weighted by molar-refractivity contribution is 5.94. The normalized spacial score (nSPS) is 11.7. The van der Waals surface area contributed by atoms with E-state index in [1.54, 1.807) is 30.5 Å². The topological polar surface area (TPSA) is 107 Å². The van der Waals surface area contributed by atoms with Gasteiger partial charge in [-0.3, -0.25) is 14.6 Å². The van der Waals surface area contributed by atoms with Gasteiger partial charge in [0.2, 0.25) is 0 Å². The van der Waals surface area contributed by atoms with E-state index in [0.29, 0.717) is 29.8 Å². The average Bonchev–Trinajstić information content (AvgIpc) is 3.89. The summed E-state index contributed by atoms with van der Waals surface area (Å²) in [6.45, 7) is 5.74. The quantitative estimate of drug-likeness (QED) is 0.109.